The first-order valence-electron chi connectivity index (χ1n) is 6.15. The van der Waals surface area contributed by atoms with Gasteiger partial charge in [0.05, 0.1) is 12.1 Å². The average Bonchev–Trinajstić information content (AvgIpc) is 2.66. The van der Waals surface area contributed by atoms with Crippen LogP contribution in [0.2, 0.25) is 0 Å². The second-order valence-corrected chi connectivity index (χ2v) is 4.91. The van der Waals surface area contributed by atoms with E-state index in [-0.39, 0.29) is 6.04 Å². The van der Waals surface area contributed by atoms with E-state index < -0.39 is 12.5 Å². The van der Waals surface area contributed by atoms with E-state index in [1.54, 1.807) is 0 Å². The monoisotopic (exact) mass is 229 g/mol. The van der Waals surface area contributed by atoms with Crippen LogP contribution in [0.5, 0.6) is 0 Å². The van der Waals surface area contributed by atoms with Crippen molar-refractivity contribution in [1.29, 1.82) is 0 Å². The van der Waals surface area contributed by atoms with Gasteiger partial charge in [0.15, 0.2) is 5.96 Å². The molecule has 2 heterocycles. The van der Waals surface area contributed by atoms with E-state index in [9.17, 15) is 8.78 Å². The summed E-state index contributed by atoms with van der Waals surface area (Å²) in [6, 6.07) is -0.00764. The summed E-state index contributed by atoms with van der Waals surface area (Å²) in [7, 11) is 0. The van der Waals surface area contributed by atoms with E-state index in [0.29, 0.717) is 19.0 Å². The van der Waals surface area contributed by atoms with Crippen molar-refractivity contribution in [1.82, 2.24) is 10.2 Å². The maximum atomic E-state index is 13.0. The van der Waals surface area contributed by atoms with E-state index >= 15 is 0 Å². The summed E-state index contributed by atoms with van der Waals surface area (Å²) in [5.41, 5.74) is 0. The Morgan fingerprint density at radius 3 is 2.88 bits per heavy atom. The van der Waals surface area contributed by atoms with Gasteiger partial charge >= 0.3 is 0 Å². The van der Waals surface area contributed by atoms with E-state index in [4.69, 9.17) is 0 Å². The molecule has 3 rings (SSSR count). The molecule has 16 heavy (non-hydrogen) atoms. The largest absolute Gasteiger partial charge is 0.351 e. The molecule has 90 valence electrons. The second kappa shape index (κ2) is 3.86. The maximum Gasteiger partial charge on any atom is 0.258 e. The van der Waals surface area contributed by atoms with Crippen LogP contribution in [0.15, 0.2) is 4.99 Å². The SMILES string of the molecule is FC(F)C1CCN=C2NC3CCCCC3N21. The van der Waals surface area contributed by atoms with Crippen molar-refractivity contribution < 1.29 is 8.78 Å². The molecular formula is C11H17F2N3. The summed E-state index contributed by atoms with van der Waals surface area (Å²) < 4.78 is 26.0. The van der Waals surface area contributed by atoms with Crippen molar-refractivity contribution in [3.63, 3.8) is 0 Å². The first kappa shape index (κ1) is 10.3. The molecule has 0 aromatic carbocycles. The minimum atomic E-state index is -2.26. The van der Waals surface area contributed by atoms with Crippen molar-refractivity contribution >= 4 is 5.96 Å². The summed E-state index contributed by atoms with van der Waals surface area (Å²) in [6.07, 6.45) is 2.72. The molecule has 0 bridgehead atoms. The number of nitrogens with zero attached hydrogens (tertiary/aromatic N) is 2. The quantitative estimate of drug-likeness (QED) is 0.739. The fourth-order valence-electron chi connectivity index (χ4n) is 3.23. The molecule has 0 radical (unpaired) electrons. The fourth-order valence-corrected chi connectivity index (χ4v) is 3.23. The molecule has 1 saturated carbocycles. The third kappa shape index (κ3) is 1.48. The molecule has 3 atom stereocenters. The third-order valence-electron chi connectivity index (χ3n) is 3.98. The highest BCUT2D eigenvalue weighted by molar-refractivity contribution is 5.84. The smallest absolute Gasteiger partial charge is 0.258 e. The molecule has 1 aliphatic carbocycles. The summed E-state index contributed by atoms with van der Waals surface area (Å²) in [4.78, 5) is 6.22. The molecule has 2 fully saturated rings. The Morgan fingerprint density at radius 1 is 1.25 bits per heavy atom. The Morgan fingerprint density at radius 2 is 2.06 bits per heavy atom. The highest BCUT2D eigenvalue weighted by Crippen LogP contribution is 2.33. The van der Waals surface area contributed by atoms with E-state index in [1.807, 2.05) is 4.90 Å². The molecular weight excluding hydrogens is 212 g/mol. The van der Waals surface area contributed by atoms with Crippen LogP contribution >= 0.6 is 0 Å². The van der Waals surface area contributed by atoms with Gasteiger partial charge in [-0.25, -0.2) is 8.78 Å². The van der Waals surface area contributed by atoms with Gasteiger partial charge in [-0.15, -0.1) is 0 Å². The molecule has 1 N–H and O–H groups in total. The molecule has 5 heteroatoms. The Bertz CT molecular complexity index is 306. The highest BCUT2D eigenvalue weighted by atomic mass is 19.3. The lowest BCUT2D eigenvalue weighted by atomic mass is 9.90. The van der Waals surface area contributed by atoms with Crippen LogP contribution in [-0.4, -0.2) is 42.0 Å². The molecule has 0 aromatic rings. The predicted molar refractivity (Wildman–Crippen MR) is 57.7 cm³/mol. The first-order valence-corrected chi connectivity index (χ1v) is 6.15. The van der Waals surface area contributed by atoms with Crippen LogP contribution in [0.4, 0.5) is 8.78 Å². The molecule has 3 unspecified atom stereocenters. The van der Waals surface area contributed by atoms with Gasteiger partial charge < -0.3 is 10.2 Å². The molecule has 0 amide bonds. The Hall–Kier alpha value is -0.870. The number of rotatable bonds is 1. The van der Waals surface area contributed by atoms with Crippen molar-refractivity contribution in [2.24, 2.45) is 4.99 Å². The third-order valence-corrected chi connectivity index (χ3v) is 3.98. The molecule has 0 spiro atoms. The zero-order valence-electron chi connectivity index (χ0n) is 9.20. The molecule has 3 aliphatic rings. The summed E-state index contributed by atoms with van der Waals surface area (Å²) >= 11 is 0. The molecule has 3 nitrogen and oxygen atoms in total. The summed E-state index contributed by atoms with van der Waals surface area (Å²) in [6.45, 7) is 0.535. The Balaban J connectivity index is 1.87. The van der Waals surface area contributed by atoms with Gasteiger partial charge in [0.25, 0.3) is 6.43 Å². The number of fused-ring (bicyclic) bond motifs is 3. The minimum absolute atomic E-state index is 0.256. The number of nitrogens with one attached hydrogen (secondary N) is 1. The van der Waals surface area contributed by atoms with E-state index in [2.05, 4.69) is 10.3 Å². The number of hydrogen-bond donors (Lipinski definition) is 1. The van der Waals surface area contributed by atoms with Gasteiger partial charge in [-0.2, -0.15) is 0 Å². The lowest BCUT2D eigenvalue weighted by Gasteiger charge is -2.37. The van der Waals surface area contributed by atoms with Crippen LogP contribution in [-0.2, 0) is 0 Å². The van der Waals surface area contributed by atoms with Crippen molar-refractivity contribution in [3.05, 3.63) is 0 Å². The van der Waals surface area contributed by atoms with Gasteiger partial charge in [-0.1, -0.05) is 12.8 Å². The zero-order valence-corrected chi connectivity index (χ0v) is 9.20. The number of aliphatic imine (C=N–C) groups is 1. The van der Waals surface area contributed by atoms with Gasteiger partial charge in [0, 0.05) is 12.6 Å². The topological polar surface area (TPSA) is 27.6 Å². The number of halogens is 2. The van der Waals surface area contributed by atoms with Crippen LogP contribution < -0.4 is 5.32 Å². The highest BCUT2D eigenvalue weighted by Gasteiger charge is 2.46. The van der Waals surface area contributed by atoms with Crippen molar-refractivity contribution in [3.8, 4) is 0 Å². The lowest BCUT2D eigenvalue weighted by molar-refractivity contribution is 0.0318. The zero-order chi connectivity index (χ0) is 11.1. The van der Waals surface area contributed by atoms with Crippen LogP contribution in [0.3, 0.4) is 0 Å². The minimum Gasteiger partial charge on any atom is -0.351 e. The van der Waals surface area contributed by atoms with E-state index in [1.165, 1.54) is 6.42 Å². The van der Waals surface area contributed by atoms with Crippen LogP contribution in [0, 0.1) is 0 Å². The number of guanidine groups is 1. The standard InChI is InChI=1S/C11H17F2N3/c12-10(13)9-5-6-14-11-15-7-3-1-2-4-8(7)16(9)11/h7-10H,1-6H2,(H,14,15). The van der Waals surface area contributed by atoms with Crippen molar-refractivity contribution in [2.45, 2.75) is 56.7 Å². The first-order chi connectivity index (χ1) is 7.77. The molecule has 0 aromatic heterocycles. The van der Waals surface area contributed by atoms with Gasteiger partial charge in [0.1, 0.15) is 0 Å². The fraction of sp³-hybridized carbons (Fsp3) is 0.909. The predicted octanol–water partition coefficient (Wildman–Crippen LogP) is 1.60. The number of hydrogen-bond acceptors (Lipinski definition) is 3. The lowest BCUT2D eigenvalue weighted by Crippen LogP contribution is -2.50. The number of alkyl halides is 2. The maximum absolute atomic E-state index is 13.0. The molecule has 1 saturated heterocycles. The van der Waals surface area contributed by atoms with Gasteiger partial charge in [0.2, 0.25) is 0 Å². The van der Waals surface area contributed by atoms with Crippen LogP contribution in [0.25, 0.3) is 0 Å². The normalized spacial score (nSPS) is 37.8. The molecule has 2 aliphatic heterocycles. The summed E-state index contributed by atoms with van der Waals surface area (Å²) in [5.74, 6) is 0.730. The average molecular weight is 229 g/mol. The van der Waals surface area contributed by atoms with Crippen LogP contribution in [0.1, 0.15) is 32.1 Å². The van der Waals surface area contributed by atoms with Gasteiger partial charge in [-0.05, 0) is 19.3 Å². The second-order valence-electron chi connectivity index (χ2n) is 4.91. The summed E-state index contributed by atoms with van der Waals surface area (Å²) in [5, 5.41) is 3.32. The Kier molecular flexibility index (Phi) is 2.48. The Labute approximate surface area is 93.9 Å². The van der Waals surface area contributed by atoms with Gasteiger partial charge in [-0.3, -0.25) is 4.99 Å². The van der Waals surface area contributed by atoms with E-state index in [0.717, 1.165) is 25.2 Å². The van der Waals surface area contributed by atoms with Crippen molar-refractivity contribution in [2.75, 3.05) is 6.54 Å².